The molecule has 0 spiro atoms. The molecule has 2 aromatic carbocycles. The van der Waals surface area contributed by atoms with Crippen molar-refractivity contribution >= 4 is 23.2 Å². The van der Waals surface area contributed by atoms with Crippen LogP contribution in [0.15, 0.2) is 48.5 Å². The molecule has 3 rings (SSSR count). The molecular weight excluding hydrogens is 333 g/mol. The monoisotopic (exact) mass is 355 g/mol. The Kier molecular flexibility index (Phi) is 5.21. The number of anilines is 2. The Balaban J connectivity index is 1.51. The lowest BCUT2D eigenvalue weighted by Crippen LogP contribution is -2.35. The summed E-state index contributed by atoms with van der Waals surface area (Å²) < 4.78 is 13.6. The Morgan fingerprint density at radius 2 is 1.85 bits per heavy atom. The summed E-state index contributed by atoms with van der Waals surface area (Å²) in [4.78, 5) is 23.2. The molecule has 0 aliphatic heterocycles. The Bertz CT molecular complexity index is 804. The van der Waals surface area contributed by atoms with E-state index in [0.29, 0.717) is 12.2 Å². The van der Waals surface area contributed by atoms with Gasteiger partial charge in [0, 0.05) is 24.6 Å². The first-order valence-electron chi connectivity index (χ1n) is 8.62. The van der Waals surface area contributed by atoms with Gasteiger partial charge in [-0.05, 0) is 36.6 Å². The fraction of sp³-hybridized carbons (Fsp3) is 0.300. The van der Waals surface area contributed by atoms with Crippen LogP contribution in [0.1, 0.15) is 25.3 Å². The summed E-state index contributed by atoms with van der Waals surface area (Å²) in [5, 5.41) is 8.34. The first-order valence-corrected chi connectivity index (χ1v) is 8.62. The Morgan fingerprint density at radius 3 is 2.50 bits per heavy atom. The largest absolute Gasteiger partial charge is 0.376 e. The van der Waals surface area contributed by atoms with Crippen LogP contribution >= 0.6 is 0 Å². The second-order valence-electron chi connectivity index (χ2n) is 6.65. The summed E-state index contributed by atoms with van der Waals surface area (Å²) in [5.74, 6) is -0.999. The molecule has 26 heavy (non-hydrogen) atoms. The van der Waals surface area contributed by atoms with Gasteiger partial charge in [0.1, 0.15) is 5.82 Å². The number of nitrogens with one attached hydrogen (secondary N) is 3. The zero-order valence-electron chi connectivity index (χ0n) is 14.6. The second-order valence-corrected chi connectivity index (χ2v) is 6.65. The van der Waals surface area contributed by atoms with Crippen LogP contribution in [-0.2, 0) is 15.0 Å². The van der Waals surface area contributed by atoms with Crippen LogP contribution in [0.4, 0.5) is 15.8 Å². The van der Waals surface area contributed by atoms with Crippen molar-refractivity contribution in [1.29, 1.82) is 0 Å². The van der Waals surface area contributed by atoms with E-state index in [4.69, 9.17) is 0 Å². The highest BCUT2D eigenvalue weighted by molar-refractivity contribution is 5.89. The van der Waals surface area contributed by atoms with Crippen molar-refractivity contribution in [3.05, 3.63) is 59.9 Å². The topological polar surface area (TPSA) is 70.2 Å². The Hall–Kier alpha value is -2.89. The van der Waals surface area contributed by atoms with E-state index >= 15 is 0 Å². The van der Waals surface area contributed by atoms with Gasteiger partial charge in [-0.2, -0.15) is 0 Å². The first-order chi connectivity index (χ1) is 12.5. The van der Waals surface area contributed by atoms with Gasteiger partial charge < -0.3 is 16.0 Å². The maximum absolute atomic E-state index is 13.6. The van der Waals surface area contributed by atoms with E-state index < -0.39 is 5.82 Å². The van der Waals surface area contributed by atoms with Crippen molar-refractivity contribution in [1.82, 2.24) is 5.32 Å². The highest BCUT2D eigenvalue weighted by Crippen LogP contribution is 2.47. The van der Waals surface area contributed by atoms with Crippen LogP contribution < -0.4 is 16.0 Å². The lowest BCUT2D eigenvalue weighted by molar-refractivity contribution is -0.119. The standard InChI is InChI=1S/C20H22FN3O2/c1-14(25)24-18-11-16(7-8-17(18)21)22-12-19(26)23-13-20(9-10-20)15-5-3-2-4-6-15/h2-8,11,22H,9-10,12-13H2,1H3,(H,23,26)(H,24,25). The molecule has 6 heteroatoms. The van der Waals surface area contributed by atoms with Gasteiger partial charge in [-0.1, -0.05) is 30.3 Å². The van der Waals surface area contributed by atoms with Crippen molar-refractivity contribution in [2.45, 2.75) is 25.2 Å². The van der Waals surface area contributed by atoms with Crippen molar-refractivity contribution in [2.24, 2.45) is 0 Å². The van der Waals surface area contributed by atoms with E-state index in [0.717, 1.165) is 12.8 Å². The smallest absolute Gasteiger partial charge is 0.239 e. The molecule has 0 saturated heterocycles. The van der Waals surface area contributed by atoms with Gasteiger partial charge in [-0.25, -0.2) is 4.39 Å². The molecule has 1 aliphatic rings. The normalized spacial score (nSPS) is 14.4. The van der Waals surface area contributed by atoms with E-state index in [9.17, 15) is 14.0 Å². The molecule has 3 N–H and O–H groups in total. The summed E-state index contributed by atoms with van der Waals surface area (Å²) in [7, 11) is 0. The predicted molar refractivity (Wildman–Crippen MR) is 99.6 cm³/mol. The van der Waals surface area contributed by atoms with Crippen LogP contribution in [-0.4, -0.2) is 24.9 Å². The van der Waals surface area contributed by atoms with Crippen molar-refractivity contribution in [2.75, 3.05) is 23.7 Å². The predicted octanol–water partition coefficient (Wildman–Crippen LogP) is 3.04. The zero-order valence-corrected chi connectivity index (χ0v) is 14.6. The third kappa shape index (κ3) is 4.39. The molecule has 1 aliphatic carbocycles. The average molecular weight is 355 g/mol. The molecule has 1 saturated carbocycles. The quantitative estimate of drug-likeness (QED) is 0.715. The minimum absolute atomic E-state index is 0.0609. The van der Waals surface area contributed by atoms with Gasteiger partial charge in [-0.3, -0.25) is 9.59 Å². The molecule has 2 aromatic rings. The van der Waals surface area contributed by atoms with Crippen molar-refractivity contribution in [3.63, 3.8) is 0 Å². The molecule has 0 radical (unpaired) electrons. The molecule has 2 amide bonds. The lowest BCUT2D eigenvalue weighted by Gasteiger charge is -2.17. The Labute approximate surface area is 152 Å². The van der Waals surface area contributed by atoms with Gasteiger partial charge in [0.05, 0.1) is 12.2 Å². The SMILES string of the molecule is CC(=O)Nc1cc(NCC(=O)NCC2(c3ccccc3)CC2)ccc1F. The molecule has 0 bridgehead atoms. The van der Waals surface area contributed by atoms with Crippen LogP contribution in [0.2, 0.25) is 0 Å². The molecule has 5 nitrogen and oxygen atoms in total. The maximum Gasteiger partial charge on any atom is 0.239 e. The van der Waals surface area contributed by atoms with Crippen molar-refractivity contribution < 1.29 is 14.0 Å². The first kappa shape index (κ1) is 17.9. The van der Waals surface area contributed by atoms with E-state index in [1.165, 1.54) is 30.7 Å². The summed E-state index contributed by atoms with van der Waals surface area (Å²) in [6.45, 7) is 2.00. The highest BCUT2D eigenvalue weighted by atomic mass is 19.1. The third-order valence-electron chi connectivity index (χ3n) is 4.59. The highest BCUT2D eigenvalue weighted by Gasteiger charge is 2.44. The van der Waals surface area contributed by atoms with E-state index in [-0.39, 0.29) is 29.5 Å². The molecule has 1 fully saturated rings. The van der Waals surface area contributed by atoms with Gasteiger partial charge >= 0.3 is 0 Å². The van der Waals surface area contributed by atoms with Crippen LogP contribution in [0.25, 0.3) is 0 Å². The number of hydrogen-bond donors (Lipinski definition) is 3. The van der Waals surface area contributed by atoms with E-state index in [1.807, 2.05) is 18.2 Å². The third-order valence-corrected chi connectivity index (χ3v) is 4.59. The second kappa shape index (κ2) is 7.56. The van der Waals surface area contributed by atoms with Gasteiger partial charge in [0.15, 0.2) is 0 Å². The lowest BCUT2D eigenvalue weighted by atomic mass is 9.96. The van der Waals surface area contributed by atoms with E-state index in [1.54, 1.807) is 0 Å². The van der Waals surface area contributed by atoms with Gasteiger partial charge in [0.25, 0.3) is 0 Å². The number of rotatable bonds is 7. The van der Waals surface area contributed by atoms with E-state index in [2.05, 4.69) is 28.1 Å². The molecule has 0 atom stereocenters. The summed E-state index contributed by atoms with van der Waals surface area (Å²) in [6, 6.07) is 14.5. The molecule has 0 unspecified atom stereocenters. The number of carbonyl (C=O) groups excluding carboxylic acids is 2. The van der Waals surface area contributed by atoms with Gasteiger partial charge in [0.2, 0.25) is 11.8 Å². The number of hydrogen-bond acceptors (Lipinski definition) is 3. The summed E-state index contributed by atoms with van der Waals surface area (Å²) in [5.41, 5.74) is 1.97. The molecule has 0 aromatic heterocycles. The van der Waals surface area contributed by atoms with Gasteiger partial charge in [-0.15, -0.1) is 0 Å². The van der Waals surface area contributed by atoms with Crippen LogP contribution in [0.5, 0.6) is 0 Å². The zero-order chi connectivity index (χ0) is 18.6. The minimum Gasteiger partial charge on any atom is -0.376 e. The van der Waals surface area contributed by atoms with Crippen LogP contribution in [0, 0.1) is 5.82 Å². The minimum atomic E-state index is -0.520. The number of halogens is 1. The number of amides is 2. The fourth-order valence-electron chi connectivity index (χ4n) is 2.94. The molecule has 0 heterocycles. The van der Waals surface area contributed by atoms with Crippen molar-refractivity contribution in [3.8, 4) is 0 Å². The number of carbonyl (C=O) groups is 2. The fourth-order valence-corrected chi connectivity index (χ4v) is 2.94. The Morgan fingerprint density at radius 1 is 1.12 bits per heavy atom. The molecule has 136 valence electrons. The average Bonchev–Trinajstić information content (AvgIpc) is 3.42. The summed E-state index contributed by atoms with van der Waals surface area (Å²) >= 11 is 0. The molecular formula is C20H22FN3O2. The summed E-state index contributed by atoms with van der Waals surface area (Å²) in [6.07, 6.45) is 2.14. The number of benzene rings is 2. The maximum atomic E-state index is 13.6. The van der Waals surface area contributed by atoms with Crippen LogP contribution in [0.3, 0.4) is 0 Å².